The highest BCUT2D eigenvalue weighted by atomic mass is 16.2. The van der Waals surface area contributed by atoms with Gasteiger partial charge in [-0.25, -0.2) is 0 Å². The molecule has 0 radical (unpaired) electrons. The highest BCUT2D eigenvalue weighted by molar-refractivity contribution is 6.05. The second-order valence-corrected chi connectivity index (χ2v) is 5.82. The van der Waals surface area contributed by atoms with Crippen molar-refractivity contribution in [2.45, 2.75) is 26.7 Å². The maximum absolute atomic E-state index is 12.1. The lowest BCUT2D eigenvalue weighted by Gasteiger charge is -2.34. The molecule has 1 aromatic heterocycles. The molecule has 0 unspecified atom stereocenters. The molecule has 102 valence electrons. The second kappa shape index (κ2) is 4.64. The molecule has 1 aliphatic heterocycles. The largest absolute Gasteiger partial charge is 0.348 e. The van der Waals surface area contributed by atoms with Crippen LogP contribution in [-0.2, 0) is 16.6 Å². The number of imide groups is 1. The first kappa shape index (κ1) is 13.5. The summed E-state index contributed by atoms with van der Waals surface area (Å²) < 4.78 is 1.69. The summed E-state index contributed by atoms with van der Waals surface area (Å²) in [5.41, 5.74) is 0.198. The van der Waals surface area contributed by atoms with Crippen LogP contribution in [0.25, 0.3) is 0 Å². The van der Waals surface area contributed by atoms with Crippen LogP contribution in [0, 0.1) is 5.41 Å². The minimum Gasteiger partial charge on any atom is -0.348 e. The Morgan fingerprint density at radius 3 is 2.32 bits per heavy atom. The molecule has 0 aliphatic carbocycles. The van der Waals surface area contributed by atoms with Gasteiger partial charge in [-0.15, -0.1) is 0 Å². The van der Waals surface area contributed by atoms with Crippen molar-refractivity contribution in [2.75, 3.05) is 6.54 Å². The van der Waals surface area contributed by atoms with Gasteiger partial charge in [-0.3, -0.25) is 19.3 Å². The number of rotatable bonds is 3. The lowest BCUT2D eigenvalue weighted by Crippen LogP contribution is -2.48. The average Bonchev–Trinajstić information content (AvgIpc) is 2.68. The maximum atomic E-state index is 12.1. The lowest BCUT2D eigenvalue weighted by atomic mass is 9.81. The number of likely N-dealkylation sites (tertiary alicyclic amines) is 1. The number of hydrogen-bond donors (Lipinski definition) is 0. The summed E-state index contributed by atoms with van der Waals surface area (Å²) in [5.74, 6) is -0.735. The SMILES string of the molecule is Cn1cccc1C(=O)CN1C(=O)CC(C)(C)CC1=O. The molecular formula is C14H18N2O3. The first-order valence-corrected chi connectivity index (χ1v) is 6.28. The van der Waals surface area contributed by atoms with Crippen molar-refractivity contribution < 1.29 is 14.4 Å². The molecule has 1 aromatic rings. The Kier molecular flexibility index (Phi) is 3.30. The van der Waals surface area contributed by atoms with E-state index in [1.165, 1.54) is 0 Å². The van der Waals surface area contributed by atoms with E-state index in [9.17, 15) is 14.4 Å². The van der Waals surface area contributed by atoms with Gasteiger partial charge in [-0.1, -0.05) is 13.8 Å². The van der Waals surface area contributed by atoms with E-state index in [1.54, 1.807) is 29.9 Å². The summed E-state index contributed by atoms with van der Waals surface area (Å²) >= 11 is 0. The van der Waals surface area contributed by atoms with Crippen molar-refractivity contribution in [3.63, 3.8) is 0 Å². The summed E-state index contributed by atoms with van der Waals surface area (Å²) in [5, 5.41) is 0. The minimum atomic E-state index is -0.307. The van der Waals surface area contributed by atoms with Crippen LogP contribution in [-0.4, -0.2) is 33.6 Å². The van der Waals surface area contributed by atoms with Crippen molar-refractivity contribution in [2.24, 2.45) is 12.5 Å². The van der Waals surface area contributed by atoms with Crippen molar-refractivity contribution in [1.29, 1.82) is 0 Å². The van der Waals surface area contributed by atoms with Crippen molar-refractivity contribution in [1.82, 2.24) is 9.47 Å². The van der Waals surface area contributed by atoms with Crippen LogP contribution in [0.15, 0.2) is 18.3 Å². The molecule has 19 heavy (non-hydrogen) atoms. The van der Waals surface area contributed by atoms with E-state index in [2.05, 4.69) is 0 Å². The Hall–Kier alpha value is -1.91. The highest BCUT2D eigenvalue weighted by Crippen LogP contribution is 2.31. The molecule has 0 N–H and O–H groups in total. The third kappa shape index (κ3) is 2.75. The van der Waals surface area contributed by atoms with Crippen molar-refractivity contribution >= 4 is 17.6 Å². The Balaban J connectivity index is 2.12. The number of aryl methyl sites for hydroxylation is 1. The number of Topliss-reactive ketones (excluding diaryl/α,β-unsaturated/α-hetero) is 1. The first-order chi connectivity index (χ1) is 8.80. The van der Waals surface area contributed by atoms with E-state index in [4.69, 9.17) is 0 Å². The summed E-state index contributed by atoms with van der Waals surface area (Å²) in [7, 11) is 1.76. The van der Waals surface area contributed by atoms with Crippen LogP contribution in [0.1, 0.15) is 37.2 Å². The third-order valence-corrected chi connectivity index (χ3v) is 3.39. The van der Waals surface area contributed by atoms with E-state index in [-0.39, 0.29) is 29.6 Å². The number of hydrogen-bond acceptors (Lipinski definition) is 3. The molecule has 2 rings (SSSR count). The predicted molar refractivity (Wildman–Crippen MR) is 69.5 cm³/mol. The van der Waals surface area contributed by atoms with E-state index < -0.39 is 0 Å². The number of nitrogens with zero attached hydrogens (tertiary/aromatic N) is 2. The number of carbonyl (C=O) groups is 3. The number of piperidine rings is 1. The molecule has 0 saturated carbocycles. The molecule has 0 aromatic carbocycles. The lowest BCUT2D eigenvalue weighted by molar-refractivity contribution is -0.151. The molecule has 0 bridgehead atoms. The van der Waals surface area contributed by atoms with Gasteiger partial charge in [-0.2, -0.15) is 0 Å². The zero-order valence-corrected chi connectivity index (χ0v) is 11.5. The van der Waals surface area contributed by atoms with Crippen molar-refractivity contribution in [3.8, 4) is 0 Å². The summed E-state index contributed by atoms with van der Waals surface area (Å²) in [6.45, 7) is 3.61. The Labute approximate surface area is 112 Å². The Bertz CT molecular complexity index is 523. The van der Waals surface area contributed by atoms with Gasteiger partial charge < -0.3 is 4.57 Å². The number of ketones is 1. The molecule has 2 heterocycles. The molecule has 5 nitrogen and oxygen atoms in total. The van der Waals surface area contributed by atoms with Gasteiger partial charge >= 0.3 is 0 Å². The average molecular weight is 262 g/mol. The van der Waals surface area contributed by atoms with Gasteiger partial charge in [0.25, 0.3) is 0 Å². The Morgan fingerprint density at radius 2 is 1.84 bits per heavy atom. The van der Waals surface area contributed by atoms with Crippen molar-refractivity contribution in [3.05, 3.63) is 24.0 Å². The van der Waals surface area contributed by atoms with Crippen LogP contribution >= 0.6 is 0 Å². The molecule has 2 amide bonds. The predicted octanol–water partition coefficient (Wildman–Crippen LogP) is 1.38. The summed E-state index contributed by atoms with van der Waals surface area (Å²) in [4.78, 5) is 37.1. The topological polar surface area (TPSA) is 59.4 Å². The monoisotopic (exact) mass is 262 g/mol. The molecule has 1 fully saturated rings. The fourth-order valence-electron chi connectivity index (χ4n) is 2.36. The summed E-state index contributed by atoms with van der Waals surface area (Å²) in [6.07, 6.45) is 2.37. The van der Waals surface area contributed by atoms with Gasteiger partial charge in [0, 0.05) is 26.1 Å². The Morgan fingerprint density at radius 1 is 1.26 bits per heavy atom. The molecule has 0 atom stereocenters. The van der Waals surface area contributed by atoms with Crippen LogP contribution < -0.4 is 0 Å². The highest BCUT2D eigenvalue weighted by Gasteiger charge is 2.38. The van der Waals surface area contributed by atoms with Gasteiger partial charge in [0.15, 0.2) is 5.78 Å². The quantitative estimate of drug-likeness (QED) is 0.611. The molecular weight excluding hydrogens is 244 g/mol. The smallest absolute Gasteiger partial charge is 0.230 e. The number of amides is 2. The normalized spacial score (nSPS) is 18.8. The third-order valence-electron chi connectivity index (χ3n) is 3.39. The number of carbonyl (C=O) groups excluding carboxylic acids is 3. The maximum Gasteiger partial charge on any atom is 0.230 e. The van der Waals surface area contributed by atoms with Gasteiger partial charge in [0.1, 0.15) is 0 Å². The standard InChI is InChI=1S/C14H18N2O3/c1-14(2)7-12(18)16(13(19)8-14)9-11(17)10-5-4-6-15(10)3/h4-6H,7-9H2,1-3H3. The zero-order valence-electron chi connectivity index (χ0n) is 11.5. The fourth-order valence-corrected chi connectivity index (χ4v) is 2.36. The molecule has 0 spiro atoms. The minimum absolute atomic E-state index is 0.161. The van der Waals surface area contributed by atoms with Gasteiger partial charge in [-0.05, 0) is 17.5 Å². The van der Waals surface area contributed by atoms with Gasteiger partial charge in [0.05, 0.1) is 12.2 Å². The molecule has 1 saturated heterocycles. The number of aromatic nitrogens is 1. The molecule has 5 heteroatoms. The summed E-state index contributed by atoms with van der Waals surface area (Å²) in [6, 6.07) is 3.45. The van der Waals surface area contributed by atoms with E-state index >= 15 is 0 Å². The van der Waals surface area contributed by atoms with Crippen LogP contribution in [0.2, 0.25) is 0 Å². The second-order valence-electron chi connectivity index (χ2n) is 5.82. The van der Waals surface area contributed by atoms with E-state index in [0.29, 0.717) is 18.5 Å². The zero-order chi connectivity index (χ0) is 14.2. The van der Waals surface area contributed by atoms with Crippen LogP contribution in [0.3, 0.4) is 0 Å². The fraction of sp³-hybridized carbons (Fsp3) is 0.500. The van der Waals surface area contributed by atoms with Gasteiger partial charge in [0.2, 0.25) is 11.8 Å². The molecule has 1 aliphatic rings. The first-order valence-electron chi connectivity index (χ1n) is 6.28. The van der Waals surface area contributed by atoms with Crippen LogP contribution in [0.5, 0.6) is 0 Å². The van der Waals surface area contributed by atoms with E-state index in [0.717, 1.165) is 4.90 Å². The van der Waals surface area contributed by atoms with E-state index in [1.807, 2.05) is 13.8 Å². The van der Waals surface area contributed by atoms with Crippen LogP contribution in [0.4, 0.5) is 0 Å².